The minimum Gasteiger partial charge on any atom is -0.396 e. The number of rotatable bonds is 6. The number of carbonyl (C=O) groups is 1. The van der Waals surface area contributed by atoms with Crippen LogP contribution in [0.15, 0.2) is 28.7 Å². The van der Waals surface area contributed by atoms with Crippen molar-refractivity contribution in [1.82, 2.24) is 10.6 Å². The summed E-state index contributed by atoms with van der Waals surface area (Å²) in [5.74, 6) is 0.295. The fraction of sp³-hybridized carbons (Fsp3) is 0.500. The van der Waals surface area contributed by atoms with Gasteiger partial charge in [-0.2, -0.15) is 0 Å². The van der Waals surface area contributed by atoms with Gasteiger partial charge in [-0.3, -0.25) is 0 Å². The van der Waals surface area contributed by atoms with E-state index in [9.17, 15) is 4.79 Å². The Labute approximate surface area is 122 Å². The number of hydrogen-bond donors (Lipinski definition) is 3. The summed E-state index contributed by atoms with van der Waals surface area (Å²) in [5, 5.41) is 14.7. The second-order valence-electron chi connectivity index (χ2n) is 4.82. The summed E-state index contributed by atoms with van der Waals surface area (Å²) >= 11 is 3.39. The Hall–Kier alpha value is -1.07. The summed E-state index contributed by atoms with van der Waals surface area (Å²) in [6.07, 6.45) is 0.571. The third-order valence-electron chi connectivity index (χ3n) is 2.90. The van der Waals surface area contributed by atoms with Gasteiger partial charge in [0, 0.05) is 23.7 Å². The Bertz CT molecular complexity index is 410. The van der Waals surface area contributed by atoms with Crippen LogP contribution >= 0.6 is 15.9 Å². The first-order valence-electron chi connectivity index (χ1n) is 6.42. The fourth-order valence-corrected chi connectivity index (χ4v) is 2.21. The number of nitrogens with one attached hydrogen (secondary N) is 2. The largest absolute Gasteiger partial charge is 0.396 e. The smallest absolute Gasteiger partial charge is 0.315 e. The molecule has 0 aliphatic carbocycles. The highest BCUT2D eigenvalue weighted by Gasteiger charge is 2.15. The van der Waals surface area contributed by atoms with E-state index in [1.807, 2.05) is 38.1 Å². The lowest BCUT2D eigenvalue weighted by molar-refractivity contribution is 0.218. The van der Waals surface area contributed by atoms with Gasteiger partial charge in [-0.1, -0.05) is 41.9 Å². The van der Waals surface area contributed by atoms with Crippen molar-refractivity contribution in [3.63, 3.8) is 0 Å². The summed E-state index contributed by atoms with van der Waals surface area (Å²) in [5.41, 5.74) is 1.03. The van der Waals surface area contributed by atoms with Crippen LogP contribution in [0.3, 0.4) is 0 Å². The molecule has 0 saturated carbocycles. The molecule has 1 aromatic rings. The number of urea groups is 1. The summed E-state index contributed by atoms with van der Waals surface area (Å²) in [6, 6.07) is 7.59. The lowest BCUT2D eigenvalue weighted by Crippen LogP contribution is -2.44. The van der Waals surface area contributed by atoms with Crippen LogP contribution in [0.25, 0.3) is 0 Å². The number of benzene rings is 1. The molecule has 1 unspecified atom stereocenters. The van der Waals surface area contributed by atoms with E-state index in [4.69, 9.17) is 5.11 Å². The number of carbonyl (C=O) groups excluding carboxylic acids is 1. The average Bonchev–Trinajstić information content (AvgIpc) is 2.36. The molecule has 0 aliphatic heterocycles. The lowest BCUT2D eigenvalue weighted by atomic mass is 10.0. The third kappa shape index (κ3) is 6.07. The predicted molar refractivity (Wildman–Crippen MR) is 79.8 cm³/mol. The molecule has 106 valence electrons. The zero-order valence-corrected chi connectivity index (χ0v) is 12.9. The molecule has 0 aromatic heterocycles. The minimum absolute atomic E-state index is 0.00694. The molecule has 0 fully saturated rings. The van der Waals surface area contributed by atoms with Gasteiger partial charge in [0.15, 0.2) is 0 Å². The van der Waals surface area contributed by atoms with Gasteiger partial charge in [0.25, 0.3) is 0 Å². The number of halogens is 1. The normalized spacial score (nSPS) is 12.3. The highest BCUT2D eigenvalue weighted by atomic mass is 79.9. The number of aliphatic hydroxyl groups excluding tert-OH is 1. The SMILES string of the molecule is CC(C)C(CCO)NC(=O)NCc1cccc(Br)c1. The van der Waals surface area contributed by atoms with Gasteiger partial charge < -0.3 is 15.7 Å². The second kappa shape index (κ2) is 8.17. The van der Waals surface area contributed by atoms with Crippen LogP contribution in [-0.2, 0) is 6.54 Å². The molecule has 1 aromatic carbocycles. The molecule has 0 radical (unpaired) electrons. The van der Waals surface area contributed by atoms with Crippen molar-refractivity contribution in [3.8, 4) is 0 Å². The topological polar surface area (TPSA) is 61.4 Å². The van der Waals surface area contributed by atoms with Crippen LogP contribution in [0, 0.1) is 5.92 Å². The molecule has 5 heteroatoms. The lowest BCUT2D eigenvalue weighted by Gasteiger charge is -2.21. The van der Waals surface area contributed by atoms with Gasteiger partial charge in [0.05, 0.1) is 0 Å². The molecule has 2 amide bonds. The standard InChI is InChI=1S/C14H21BrN2O2/c1-10(2)13(6-7-18)17-14(19)16-9-11-4-3-5-12(15)8-11/h3-5,8,10,13,18H,6-7,9H2,1-2H3,(H2,16,17,19). The maximum Gasteiger partial charge on any atom is 0.315 e. The Balaban J connectivity index is 2.42. The van der Waals surface area contributed by atoms with Crippen LogP contribution in [-0.4, -0.2) is 23.8 Å². The van der Waals surface area contributed by atoms with E-state index in [1.54, 1.807) is 0 Å². The monoisotopic (exact) mass is 328 g/mol. The first kappa shape index (κ1) is 16.0. The van der Waals surface area contributed by atoms with Crippen molar-refractivity contribution in [3.05, 3.63) is 34.3 Å². The van der Waals surface area contributed by atoms with E-state index in [0.717, 1.165) is 10.0 Å². The van der Waals surface area contributed by atoms with Crippen molar-refractivity contribution < 1.29 is 9.90 Å². The molecular weight excluding hydrogens is 308 g/mol. The highest BCUT2D eigenvalue weighted by Crippen LogP contribution is 2.11. The van der Waals surface area contributed by atoms with Crippen molar-refractivity contribution >= 4 is 22.0 Å². The van der Waals surface area contributed by atoms with Gasteiger partial charge >= 0.3 is 6.03 Å². The molecule has 0 saturated heterocycles. The van der Waals surface area contributed by atoms with E-state index in [-0.39, 0.29) is 18.7 Å². The summed E-state index contributed by atoms with van der Waals surface area (Å²) in [7, 11) is 0. The number of amides is 2. The first-order chi connectivity index (χ1) is 9.02. The first-order valence-corrected chi connectivity index (χ1v) is 7.22. The second-order valence-corrected chi connectivity index (χ2v) is 5.74. The fourth-order valence-electron chi connectivity index (χ4n) is 1.76. The number of aliphatic hydroxyl groups is 1. The van der Waals surface area contributed by atoms with E-state index in [1.165, 1.54) is 0 Å². The Kier molecular flexibility index (Phi) is 6.87. The Morgan fingerprint density at radius 3 is 2.74 bits per heavy atom. The van der Waals surface area contributed by atoms with E-state index in [0.29, 0.717) is 18.9 Å². The van der Waals surface area contributed by atoms with Crippen molar-refractivity contribution in [2.24, 2.45) is 5.92 Å². The molecule has 0 spiro atoms. The molecule has 19 heavy (non-hydrogen) atoms. The Morgan fingerprint density at radius 1 is 1.42 bits per heavy atom. The maximum atomic E-state index is 11.8. The average molecular weight is 329 g/mol. The Morgan fingerprint density at radius 2 is 2.16 bits per heavy atom. The van der Waals surface area contributed by atoms with Crippen molar-refractivity contribution in [2.75, 3.05) is 6.61 Å². The number of hydrogen-bond acceptors (Lipinski definition) is 2. The minimum atomic E-state index is -0.202. The molecule has 0 bridgehead atoms. The summed E-state index contributed by atoms with van der Waals surface area (Å²) < 4.78 is 0.993. The predicted octanol–water partition coefficient (Wildman–Crippen LogP) is 2.66. The van der Waals surface area contributed by atoms with Crippen molar-refractivity contribution in [2.45, 2.75) is 32.9 Å². The quantitative estimate of drug-likeness (QED) is 0.751. The molecule has 0 heterocycles. The van der Waals surface area contributed by atoms with E-state index in [2.05, 4.69) is 26.6 Å². The van der Waals surface area contributed by atoms with Crippen molar-refractivity contribution in [1.29, 1.82) is 0 Å². The highest BCUT2D eigenvalue weighted by molar-refractivity contribution is 9.10. The third-order valence-corrected chi connectivity index (χ3v) is 3.40. The van der Waals surface area contributed by atoms with Crippen LogP contribution in [0.5, 0.6) is 0 Å². The van der Waals surface area contributed by atoms with E-state index >= 15 is 0 Å². The van der Waals surface area contributed by atoms with Crippen LogP contribution in [0.1, 0.15) is 25.8 Å². The van der Waals surface area contributed by atoms with Crippen LogP contribution in [0.2, 0.25) is 0 Å². The summed E-state index contributed by atoms with van der Waals surface area (Å²) in [6.45, 7) is 4.60. The van der Waals surface area contributed by atoms with Crippen LogP contribution in [0.4, 0.5) is 4.79 Å². The van der Waals surface area contributed by atoms with Crippen LogP contribution < -0.4 is 10.6 Å². The van der Waals surface area contributed by atoms with Gasteiger partial charge in [-0.25, -0.2) is 4.79 Å². The molecule has 1 atom stereocenters. The maximum absolute atomic E-state index is 11.8. The van der Waals surface area contributed by atoms with E-state index < -0.39 is 0 Å². The molecule has 1 rings (SSSR count). The molecule has 0 aliphatic rings. The molecule has 3 N–H and O–H groups in total. The van der Waals surface area contributed by atoms with Gasteiger partial charge in [0.1, 0.15) is 0 Å². The molecular formula is C14H21BrN2O2. The zero-order chi connectivity index (χ0) is 14.3. The van der Waals surface area contributed by atoms with Gasteiger partial charge in [0.2, 0.25) is 0 Å². The van der Waals surface area contributed by atoms with Gasteiger partial charge in [-0.05, 0) is 30.0 Å². The zero-order valence-electron chi connectivity index (χ0n) is 11.3. The van der Waals surface area contributed by atoms with Gasteiger partial charge in [-0.15, -0.1) is 0 Å². The molecule has 4 nitrogen and oxygen atoms in total. The summed E-state index contributed by atoms with van der Waals surface area (Å²) in [4.78, 5) is 11.8.